The van der Waals surface area contributed by atoms with Crippen molar-refractivity contribution in [3.05, 3.63) is 27.2 Å². The van der Waals surface area contributed by atoms with Crippen LogP contribution < -0.4 is 0 Å². The van der Waals surface area contributed by atoms with Crippen LogP contribution in [-0.4, -0.2) is 48.1 Å². The minimum absolute atomic E-state index is 0.262. The van der Waals surface area contributed by atoms with Gasteiger partial charge in [-0.1, -0.05) is 34.8 Å². The standard InChI is InChI=1S/C14H19Cl3NOS/c15-11-9-13(17)14(10-12(11)16)20-8-6-18(5-7-19)3-1-2-4-18/h9-10,19H,1-8H2/q+1. The largest absolute Gasteiger partial charge is 0.391 e. The molecule has 112 valence electrons. The van der Waals surface area contributed by atoms with E-state index in [0.29, 0.717) is 15.1 Å². The molecule has 2 rings (SSSR count). The Kier molecular flexibility index (Phi) is 6.33. The van der Waals surface area contributed by atoms with E-state index >= 15 is 0 Å². The summed E-state index contributed by atoms with van der Waals surface area (Å²) in [4.78, 5) is 0.974. The van der Waals surface area contributed by atoms with Gasteiger partial charge in [-0.3, -0.25) is 0 Å². The Morgan fingerprint density at radius 3 is 2.30 bits per heavy atom. The van der Waals surface area contributed by atoms with Gasteiger partial charge in [0.2, 0.25) is 0 Å². The number of quaternary nitrogens is 1. The lowest BCUT2D eigenvalue weighted by Crippen LogP contribution is -2.48. The molecule has 1 fully saturated rings. The number of benzene rings is 1. The van der Waals surface area contributed by atoms with E-state index in [2.05, 4.69) is 0 Å². The first-order valence-electron chi connectivity index (χ1n) is 6.80. The molecular weight excluding hydrogens is 337 g/mol. The van der Waals surface area contributed by atoms with Crippen LogP contribution in [0.2, 0.25) is 15.1 Å². The Hall–Kier alpha value is 0.360. The zero-order valence-electron chi connectivity index (χ0n) is 11.2. The van der Waals surface area contributed by atoms with Gasteiger partial charge in [0.1, 0.15) is 6.54 Å². The van der Waals surface area contributed by atoms with Gasteiger partial charge in [-0.2, -0.15) is 0 Å². The fourth-order valence-corrected chi connectivity index (χ4v) is 4.61. The second-order valence-electron chi connectivity index (χ2n) is 5.21. The lowest BCUT2D eigenvalue weighted by atomic mass is 10.4. The summed E-state index contributed by atoms with van der Waals surface area (Å²) in [6.45, 7) is 4.53. The summed E-state index contributed by atoms with van der Waals surface area (Å²) in [5.74, 6) is 0.970. The van der Waals surface area contributed by atoms with Crippen LogP contribution in [0.4, 0.5) is 0 Å². The molecule has 2 nitrogen and oxygen atoms in total. The van der Waals surface area contributed by atoms with Crippen LogP contribution in [-0.2, 0) is 0 Å². The molecule has 1 aromatic carbocycles. The fraction of sp³-hybridized carbons (Fsp3) is 0.571. The van der Waals surface area contributed by atoms with Gasteiger partial charge in [-0.15, -0.1) is 11.8 Å². The van der Waals surface area contributed by atoms with Crippen LogP contribution in [0.15, 0.2) is 17.0 Å². The van der Waals surface area contributed by atoms with Crippen molar-refractivity contribution in [2.75, 3.05) is 38.5 Å². The van der Waals surface area contributed by atoms with E-state index in [1.165, 1.54) is 25.9 Å². The number of likely N-dealkylation sites (tertiary alicyclic amines) is 1. The molecule has 0 unspecified atom stereocenters. The Morgan fingerprint density at radius 2 is 1.65 bits per heavy atom. The normalized spacial score (nSPS) is 17.6. The maximum Gasteiger partial charge on any atom is 0.102 e. The van der Waals surface area contributed by atoms with Gasteiger partial charge in [-0.05, 0) is 12.1 Å². The van der Waals surface area contributed by atoms with E-state index in [-0.39, 0.29) is 6.61 Å². The highest BCUT2D eigenvalue weighted by Gasteiger charge is 2.30. The highest BCUT2D eigenvalue weighted by Crippen LogP contribution is 2.35. The number of hydrogen-bond acceptors (Lipinski definition) is 2. The molecule has 1 saturated heterocycles. The molecule has 20 heavy (non-hydrogen) atoms. The van der Waals surface area contributed by atoms with Gasteiger partial charge in [0, 0.05) is 23.5 Å². The monoisotopic (exact) mass is 354 g/mol. The predicted molar refractivity (Wildman–Crippen MR) is 88.2 cm³/mol. The zero-order chi connectivity index (χ0) is 14.6. The quantitative estimate of drug-likeness (QED) is 0.465. The molecule has 0 aliphatic carbocycles. The molecule has 0 aromatic heterocycles. The summed E-state index contributed by atoms with van der Waals surface area (Å²) in [6, 6.07) is 3.53. The number of thioether (sulfide) groups is 1. The number of hydrogen-bond donors (Lipinski definition) is 1. The van der Waals surface area contributed by atoms with Gasteiger partial charge in [0.05, 0.1) is 41.3 Å². The molecular formula is C14H19Cl3NOS+. The topological polar surface area (TPSA) is 20.2 Å². The van der Waals surface area contributed by atoms with Crippen LogP contribution in [0.3, 0.4) is 0 Å². The molecule has 6 heteroatoms. The first-order chi connectivity index (χ1) is 9.56. The van der Waals surface area contributed by atoms with E-state index in [1.54, 1.807) is 17.8 Å². The van der Waals surface area contributed by atoms with Gasteiger partial charge in [0.15, 0.2) is 0 Å². The summed E-state index contributed by atoms with van der Waals surface area (Å²) >= 11 is 19.9. The average Bonchev–Trinajstić information content (AvgIpc) is 2.85. The minimum atomic E-state index is 0.262. The highest BCUT2D eigenvalue weighted by molar-refractivity contribution is 7.99. The van der Waals surface area contributed by atoms with Crippen molar-refractivity contribution in [3.63, 3.8) is 0 Å². The maximum atomic E-state index is 9.24. The van der Waals surface area contributed by atoms with Crippen LogP contribution in [0.1, 0.15) is 12.8 Å². The average molecular weight is 356 g/mol. The van der Waals surface area contributed by atoms with Crippen molar-refractivity contribution in [1.29, 1.82) is 0 Å². The third kappa shape index (κ3) is 4.19. The molecule has 1 aliphatic rings. The molecule has 0 spiro atoms. The van der Waals surface area contributed by atoms with Crippen LogP contribution in [0.25, 0.3) is 0 Å². The van der Waals surface area contributed by atoms with Crippen molar-refractivity contribution >= 4 is 46.6 Å². The molecule has 0 saturated carbocycles. The van der Waals surface area contributed by atoms with Gasteiger partial charge in [-0.25, -0.2) is 0 Å². The molecule has 1 aliphatic heterocycles. The molecule has 1 aromatic rings. The van der Waals surface area contributed by atoms with E-state index in [0.717, 1.165) is 28.2 Å². The van der Waals surface area contributed by atoms with Gasteiger partial charge in [0.25, 0.3) is 0 Å². The Labute approximate surface area is 139 Å². The second kappa shape index (κ2) is 7.57. The van der Waals surface area contributed by atoms with Crippen LogP contribution in [0, 0.1) is 0 Å². The fourth-order valence-electron chi connectivity index (χ4n) is 2.74. The van der Waals surface area contributed by atoms with Crippen LogP contribution in [0.5, 0.6) is 0 Å². The lowest BCUT2D eigenvalue weighted by molar-refractivity contribution is -0.914. The predicted octanol–water partition coefficient (Wildman–Crippen LogP) is 4.34. The highest BCUT2D eigenvalue weighted by atomic mass is 35.5. The van der Waals surface area contributed by atoms with E-state index in [4.69, 9.17) is 34.8 Å². The summed E-state index contributed by atoms with van der Waals surface area (Å²) < 4.78 is 1.03. The SMILES string of the molecule is OCC[N+]1(CCSc2cc(Cl)c(Cl)cc2Cl)CCCC1. The minimum Gasteiger partial charge on any atom is -0.391 e. The number of aliphatic hydroxyl groups excluding tert-OH is 1. The number of nitrogens with zero attached hydrogens (tertiary/aromatic N) is 1. The van der Waals surface area contributed by atoms with Crippen molar-refractivity contribution in [1.82, 2.24) is 0 Å². The van der Waals surface area contributed by atoms with Gasteiger partial charge >= 0.3 is 0 Å². The third-order valence-electron chi connectivity index (χ3n) is 3.89. The number of rotatable bonds is 6. The molecule has 0 atom stereocenters. The van der Waals surface area contributed by atoms with Crippen molar-refractivity contribution in [3.8, 4) is 0 Å². The molecule has 1 N–H and O–H groups in total. The number of aliphatic hydroxyl groups is 1. The van der Waals surface area contributed by atoms with E-state index in [1.807, 2.05) is 6.07 Å². The first kappa shape index (κ1) is 16.7. The Balaban J connectivity index is 1.93. The summed E-state index contributed by atoms with van der Waals surface area (Å²) in [5.41, 5.74) is 0. The summed E-state index contributed by atoms with van der Waals surface area (Å²) in [7, 11) is 0. The molecule has 0 amide bonds. The zero-order valence-corrected chi connectivity index (χ0v) is 14.3. The maximum absolute atomic E-state index is 9.24. The molecule has 0 bridgehead atoms. The van der Waals surface area contributed by atoms with Crippen molar-refractivity contribution in [2.24, 2.45) is 0 Å². The second-order valence-corrected chi connectivity index (χ2v) is 7.57. The lowest BCUT2D eigenvalue weighted by Gasteiger charge is -2.33. The molecule has 0 radical (unpaired) electrons. The van der Waals surface area contributed by atoms with E-state index in [9.17, 15) is 5.11 Å². The van der Waals surface area contributed by atoms with Gasteiger partial charge < -0.3 is 9.59 Å². The third-order valence-corrected chi connectivity index (χ3v) is 6.07. The van der Waals surface area contributed by atoms with Crippen LogP contribution >= 0.6 is 46.6 Å². The molecule has 1 heterocycles. The Morgan fingerprint density at radius 1 is 1.00 bits per heavy atom. The Bertz CT molecular complexity index is 464. The smallest absolute Gasteiger partial charge is 0.102 e. The van der Waals surface area contributed by atoms with Crippen molar-refractivity contribution in [2.45, 2.75) is 17.7 Å². The van der Waals surface area contributed by atoms with Crippen molar-refractivity contribution < 1.29 is 9.59 Å². The van der Waals surface area contributed by atoms with E-state index < -0.39 is 0 Å². The summed E-state index contributed by atoms with van der Waals surface area (Å²) in [5, 5.41) is 10.9. The first-order valence-corrected chi connectivity index (χ1v) is 8.92. The summed E-state index contributed by atoms with van der Waals surface area (Å²) in [6.07, 6.45) is 2.52. The number of halogens is 3.